The fourth-order valence-corrected chi connectivity index (χ4v) is 9.98. The van der Waals surface area contributed by atoms with E-state index in [0.717, 1.165) is 37.0 Å². The van der Waals surface area contributed by atoms with E-state index in [4.69, 9.17) is 15.2 Å². The maximum atomic E-state index is 14.0. The van der Waals surface area contributed by atoms with E-state index in [0.29, 0.717) is 78.3 Å². The predicted molar refractivity (Wildman–Crippen MR) is 232 cm³/mol. The van der Waals surface area contributed by atoms with Gasteiger partial charge in [0.15, 0.2) is 19.7 Å². The van der Waals surface area contributed by atoms with Crippen molar-refractivity contribution in [3.63, 3.8) is 0 Å². The number of thiol groups is 1. The molecule has 0 unspecified atom stereocenters. The van der Waals surface area contributed by atoms with Crippen molar-refractivity contribution in [2.45, 2.75) is 55.0 Å². The number of morpholine rings is 2. The maximum Gasteiger partial charge on any atom is 0.417 e. The normalized spacial score (nSPS) is 18.2. The topological polar surface area (TPSA) is 200 Å². The van der Waals surface area contributed by atoms with Crippen LogP contribution in [0.2, 0.25) is 0 Å². The van der Waals surface area contributed by atoms with Gasteiger partial charge in [-0.25, -0.2) is 46.7 Å². The summed E-state index contributed by atoms with van der Waals surface area (Å²) in [5.74, 6) is 0.244. The lowest BCUT2D eigenvalue weighted by molar-refractivity contribution is -0.137. The SMILES string of the molecule is C.CN(C)c1cc(C(F)(F)F)c(-c2cc(C3(S(C)(=O)=O)CC3)nc(N3CCOCC3)n2)cn1.CS(=O)(=O)C1(c2cc(-c3cnc(N)cc3C(F)(F)F)nc(N3CCOCC3)n2)CC1.[SH-]. The van der Waals surface area contributed by atoms with E-state index in [-0.39, 0.29) is 78.4 Å². The van der Waals surface area contributed by atoms with E-state index in [1.807, 2.05) is 0 Å². The predicted octanol–water partition coefficient (Wildman–Crippen LogP) is 4.87. The quantitative estimate of drug-likeness (QED) is 0.135. The van der Waals surface area contributed by atoms with Gasteiger partial charge in [-0.3, -0.25) is 0 Å². The first kappa shape index (κ1) is 50.4. The van der Waals surface area contributed by atoms with Crippen molar-refractivity contribution in [3.8, 4) is 22.5 Å². The summed E-state index contributed by atoms with van der Waals surface area (Å²) < 4.78 is 141. The number of nitrogens with zero attached hydrogens (tertiary/aromatic N) is 9. The molecule has 4 fully saturated rings. The summed E-state index contributed by atoms with van der Waals surface area (Å²) in [7, 11) is -3.85. The smallest absolute Gasteiger partial charge is 0.417 e. The van der Waals surface area contributed by atoms with Crippen LogP contribution < -0.4 is 20.4 Å². The Balaban J connectivity index is 0.000000234. The number of alkyl halides is 6. The van der Waals surface area contributed by atoms with Crippen molar-refractivity contribution in [1.82, 2.24) is 29.9 Å². The van der Waals surface area contributed by atoms with Crippen LogP contribution in [0, 0.1) is 0 Å². The number of pyridine rings is 2. The van der Waals surface area contributed by atoms with Crippen molar-refractivity contribution in [2.75, 3.05) is 99.6 Å². The molecule has 2 saturated heterocycles. The summed E-state index contributed by atoms with van der Waals surface area (Å²) >= 11 is 0. The number of nitrogen functional groups attached to an aromatic ring is 1. The van der Waals surface area contributed by atoms with Crippen molar-refractivity contribution in [2.24, 2.45) is 0 Å². The van der Waals surface area contributed by atoms with Crippen LogP contribution in [-0.4, -0.2) is 126 Å². The van der Waals surface area contributed by atoms with Gasteiger partial charge in [0.05, 0.1) is 60.3 Å². The average molecular weight is 964 g/mol. The minimum absolute atomic E-state index is 0. The lowest BCUT2D eigenvalue weighted by Crippen LogP contribution is -2.38. The Morgan fingerprint density at radius 2 is 1.02 bits per heavy atom. The zero-order valence-corrected chi connectivity index (χ0v) is 37.1. The molecule has 2 saturated carbocycles. The van der Waals surface area contributed by atoms with E-state index in [1.165, 1.54) is 17.0 Å². The molecule has 4 aromatic rings. The molecule has 4 aliphatic rings. The van der Waals surface area contributed by atoms with Gasteiger partial charge in [-0.2, -0.15) is 26.3 Å². The number of hydrogen-bond donors (Lipinski definition) is 1. The number of halogens is 6. The highest BCUT2D eigenvalue weighted by molar-refractivity contribution is 7.92. The monoisotopic (exact) mass is 963 g/mol. The molecule has 352 valence electrons. The minimum Gasteiger partial charge on any atom is -0.813 e. The minimum atomic E-state index is -4.69. The molecule has 2 aliphatic heterocycles. The third-order valence-electron chi connectivity index (χ3n) is 11.2. The van der Waals surface area contributed by atoms with Gasteiger partial charge < -0.3 is 43.4 Å². The highest BCUT2D eigenvalue weighted by Gasteiger charge is 2.56. The van der Waals surface area contributed by atoms with E-state index in [1.54, 1.807) is 23.9 Å². The highest BCUT2D eigenvalue weighted by atomic mass is 32.2. The first-order valence-electron chi connectivity index (χ1n) is 19.4. The first-order valence-corrected chi connectivity index (χ1v) is 23.1. The largest absolute Gasteiger partial charge is 0.813 e. The van der Waals surface area contributed by atoms with Gasteiger partial charge in [0, 0.05) is 76.3 Å². The van der Waals surface area contributed by atoms with E-state index in [2.05, 4.69) is 29.9 Å². The third kappa shape index (κ3) is 10.3. The number of hydrogen-bond acceptors (Lipinski definition) is 17. The molecule has 16 nitrogen and oxygen atoms in total. The van der Waals surface area contributed by atoms with Crippen LogP contribution in [0.3, 0.4) is 0 Å². The second-order valence-corrected chi connectivity index (χ2v) is 20.4. The summed E-state index contributed by atoms with van der Waals surface area (Å²) in [5, 5.41) is 0. The van der Waals surface area contributed by atoms with Gasteiger partial charge in [-0.1, -0.05) is 7.43 Å². The summed E-state index contributed by atoms with van der Waals surface area (Å²) in [6.07, 6.45) is -3.50. The van der Waals surface area contributed by atoms with Crippen molar-refractivity contribution in [1.29, 1.82) is 0 Å². The number of anilines is 4. The number of sulfone groups is 2. The van der Waals surface area contributed by atoms with E-state index < -0.39 is 52.6 Å². The molecular formula is C39H49F6N10O6S3-. The third-order valence-corrected chi connectivity index (χ3v) is 15.3. The molecule has 0 spiro atoms. The Morgan fingerprint density at radius 1 is 0.641 bits per heavy atom. The van der Waals surface area contributed by atoms with Crippen LogP contribution in [-0.2, 0) is 64.5 Å². The Labute approximate surface area is 374 Å². The van der Waals surface area contributed by atoms with Crippen molar-refractivity contribution < 1.29 is 52.7 Å². The maximum absolute atomic E-state index is 14.0. The van der Waals surface area contributed by atoms with E-state index in [9.17, 15) is 43.2 Å². The zero-order chi connectivity index (χ0) is 45.0. The molecule has 0 atom stereocenters. The van der Waals surface area contributed by atoms with Gasteiger partial charge in [0.1, 0.15) is 21.1 Å². The molecule has 0 aromatic carbocycles. The molecule has 25 heteroatoms. The van der Waals surface area contributed by atoms with Crippen molar-refractivity contribution >= 4 is 56.7 Å². The van der Waals surface area contributed by atoms with Crippen LogP contribution in [0.5, 0.6) is 0 Å². The van der Waals surface area contributed by atoms with E-state index >= 15 is 0 Å². The van der Waals surface area contributed by atoms with Crippen LogP contribution in [0.4, 0.5) is 49.9 Å². The Bertz CT molecular complexity index is 2570. The first-order chi connectivity index (χ1) is 28.9. The number of nitrogens with two attached hydrogens (primary N) is 1. The Hall–Kier alpha value is -4.59. The molecule has 2 N–H and O–H groups in total. The molecule has 6 heterocycles. The highest BCUT2D eigenvalue weighted by Crippen LogP contribution is 2.54. The van der Waals surface area contributed by atoms with Gasteiger partial charge in [-0.05, 0) is 49.9 Å². The number of ether oxygens (including phenoxy) is 2. The standard InChI is InChI=1S/C20H24F3N5O3S.C18H20F3N5O3S.CH4.H2S/c1-27(2)17-10-14(20(21,22)23)13(12-24-17)15-11-16(19(4-5-19)32(3,29)30)26-18(25-15)28-6-8-31-9-7-28;1-30(27,28)17(2-3-17)14-9-13(24-16(25-14)26-4-6-29-7-5-26)11-10-23-15(22)8-12(11)18(19,20)21;;/h10-12H,4-9H2,1-3H3;8-10H,2-7H2,1H3,(H2,22,23);1H4;1H2/p-1. The fraction of sp³-hybridized carbons (Fsp3) is 0.538. The van der Waals surface area contributed by atoms with Gasteiger partial charge in [-0.15, -0.1) is 0 Å². The molecule has 64 heavy (non-hydrogen) atoms. The Morgan fingerprint density at radius 3 is 1.36 bits per heavy atom. The van der Waals surface area contributed by atoms with Crippen molar-refractivity contribution in [3.05, 3.63) is 59.2 Å². The fourth-order valence-electron chi connectivity index (χ4n) is 7.32. The molecule has 0 radical (unpaired) electrons. The van der Waals surface area contributed by atoms with Gasteiger partial charge >= 0.3 is 12.4 Å². The summed E-state index contributed by atoms with van der Waals surface area (Å²) in [6.45, 7) is 3.48. The lowest BCUT2D eigenvalue weighted by atomic mass is 10.0. The van der Waals surface area contributed by atoms with Crippen LogP contribution in [0.1, 0.15) is 55.6 Å². The number of rotatable bonds is 9. The van der Waals surface area contributed by atoms with Crippen LogP contribution in [0.25, 0.3) is 22.5 Å². The molecule has 2 aliphatic carbocycles. The number of aromatic nitrogens is 6. The Kier molecular flexibility index (Phi) is 14.5. The van der Waals surface area contributed by atoms with Crippen LogP contribution >= 0.6 is 0 Å². The molecule has 0 bridgehead atoms. The molecule has 4 aromatic heterocycles. The lowest BCUT2D eigenvalue weighted by Gasteiger charge is -2.28. The summed E-state index contributed by atoms with van der Waals surface area (Å²) in [5.41, 5.74) is 3.46. The second-order valence-electron chi connectivity index (χ2n) is 15.7. The second kappa shape index (κ2) is 18.4. The molecule has 0 amide bonds. The van der Waals surface area contributed by atoms with Gasteiger partial charge in [0.2, 0.25) is 11.9 Å². The summed E-state index contributed by atoms with van der Waals surface area (Å²) in [6, 6.07) is 4.39. The van der Waals surface area contributed by atoms with Gasteiger partial charge in [0.25, 0.3) is 0 Å². The summed E-state index contributed by atoms with van der Waals surface area (Å²) in [4.78, 5) is 30.7. The average Bonchev–Trinajstić information content (AvgIpc) is 4.15. The molecular weight excluding hydrogens is 915 g/mol. The van der Waals surface area contributed by atoms with Crippen LogP contribution in [0.15, 0.2) is 36.7 Å². The molecule has 8 rings (SSSR count). The zero-order valence-electron chi connectivity index (χ0n) is 34.5.